The normalized spacial score (nSPS) is 17.0. The van der Waals surface area contributed by atoms with E-state index in [1.54, 1.807) is 48.5 Å². The minimum absolute atomic E-state index is 0.0439. The maximum absolute atomic E-state index is 12.5. The lowest BCUT2D eigenvalue weighted by atomic mass is 10.2. The quantitative estimate of drug-likeness (QED) is 0.586. The van der Waals surface area contributed by atoms with Gasteiger partial charge in [0, 0.05) is 9.50 Å². The first-order valence-electron chi connectivity index (χ1n) is 7.40. The van der Waals surface area contributed by atoms with Crippen LogP contribution in [0.4, 0.5) is 5.69 Å². The summed E-state index contributed by atoms with van der Waals surface area (Å²) < 4.78 is 0.630. The van der Waals surface area contributed by atoms with Crippen molar-refractivity contribution in [1.82, 2.24) is 10.9 Å². The fourth-order valence-corrected chi connectivity index (χ4v) is 3.06. The van der Waals surface area contributed by atoms with Gasteiger partial charge in [-0.3, -0.25) is 19.8 Å². The van der Waals surface area contributed by atoms with Crippen molar-refractivity contribution in [2.24, 2.45) is 0 Å². The van der Waals surface area contributed by atoms with Crippen LogP contribution in [0, 0.1) is 0 Å². The minimum Gasteiger partial charge on any atom is -0.287 e. The molecular weight excluding hydrogens is 410 g/mol. The summed E-state index contributed by atoms with van der Waals surface area (Å²) >= 11 is 9.11. The number of hydrogen-bond donors (Lipinski definition) is 2. The Hall–Kier alpha value is -2.22. The van der Waals surface area contributed by atoms with Crippen LogP contribution in [0.5, 0.6) is 0 Å². The number of nitrogens with one attached hydrogen (secondary N) is 2. The molecule has 25 heavy (non-hydrogen) atoms. The Balaban J connectivity index is 1.67. The Kier molecular flexibility index (Phi) is 5.17. The van der Waals surface area contributed by atoms with Crippen LogP contribution in [0.25, 0.3) is 0 Å². The summed E-state index contributed by atoms with van der Waals surface area (Å²) in [5.41, 5.74) is 5.98. The van der Waals surface area contributed by atoms with E-state index in [1.807, 2.05) is 0 Å². The van der Waals surface area contributed by atoms with Crippen molar-refractivity contribution in [1.29, 1.82) is 0 Å². The Morgan fingerprint density at radius 1 is 1.12 bits per heavy atom. The van der Waals surface area contributed by atoms with Gasteiger partial charge in [-0.15, -0.1) is 0 Å². The molecule has 0 radical (unpaired) electrons. The lowest BCUT2D eigenvalue weighted by molar-refractivity contribution is -0.121. The van der Waals surface area contributed by atoms with E-state index >= 15 is 0 Å². The van der Waals surface area contributed by atoms with Crippen LogP contribution < -0.4 is 15.8 Å². The Labute approximate surface area is 157 Å². The Morgan fingerprint density at radius 3 is 2.48 bits per heavy atom. The average molecular weight is 423 g/mol. The Bertz CT molecular complexity index is 841. The summed E-state index contributed by atoms with van der Waals surface area (Å²) in [5.74, 6) is -1.18. The van der Waals surface area contributed by atoms with Gasteiger partial charge >= 0.3 is 0 Å². The first-order valence-corrected chi connectivity index (χ1v) is 8.57. The van der Waals surface area contributed by atoms with Crippen molar-refractivity contribution in [2.45, 2.75) is 12.5 Å². The molecule has 1 aliphatic rings. The molecule has 2 N–H and O–H groups in total. The lowest BCUT2D eigenvalue weighted by Gasteiger charge is -2.16. The molecule has 6 nitrogen and oxygen atoms in total. The number of nitrogens with zero attached hydrogens (tertiary/aromatic N) is 1. The third-order valence-corrected chi connectivity index (χ3v) is 4.65. The zero-order valence-electron chi connectivity index (χ0n) is 12.8. The zero-order chi connectivity index (χ0) is 18.0. The van der Waals surface area contributed by atoms with Gasteiger partial charge in [-0.1, -0.05) is 23.7 Å². The minimum atomic E-state index is -0.824. The van der Waals surface area contributed by atoms with Gasteiger partial charge in [-0.25, -0.2) is 10.3 Å². The zero-order valence-corrected chi connectivity index (χ0v) is 15.2. The molecule has 0 bridgehead atoms. The van der Waals surface area contributed by atoms with Crippen molar-refractivity contribution in [3.05, 3.63) is 63.6 Å². The van der Waals surface area contributed by atoms with Crippen molar-refractivity contribution in [3.63, 3.8) is 0 Å². The van der Waals surface area contributed by atoms with Crippen molar-refractivity contribution in [3.8, 4) is 0 Å². The van der Waals surface area contributed by atoms with Gasteiger partial charge in [0.25, 0.3) is 11.8 Å². The van der Waals surface area contributed by atoms with Crippen LogP contribution in [-0.4, -0.2) is 23.8 Å². The fraction of sp³-hybridized carbons (Fsp3) is 0.118. The van der Waals surface area contributed by atoms with Gasteiger partial charge < -0.3 is 0 Å². The van der Waals surface area contributed by atoms with Gasteiger partial charge in [0.1, 0.15) is 6.04 Å². The van der Waals surface area contributed by atoms with E-state index in [1.165, 1.54) is 0 Å². The molecule has 2 aromatic carbocycles. The first kappa shape index (κ1) is 17.6. The summed E-state index contributed by atoms with van der Waals surface area (Å²) in [6.07, 6.45) is -0.0439. The second-order valence-electron chi connectivity index (χ2n) is 5.38. The molecule has 1 heterocycles. The number of anilines is 1. The highest BCUT2D eigenvalue weighted by molar-refractivity contribution is 9.10. The number of amides is 3. The third-order valence-electron chi connectivity index (χ3n) is 3.71. The number of benzene rings is 2. The molecule has 0 spiro atoms. The molecular formula is C17H13BrClN3O3. The molecule has 2 aromatic rings. The summed E-state index contributed by atoms with van der Waals surface area (Å²) in [6.45, 7) is 0. The molecule has 1 atom stereocenters. The molecule has 1 unspecified atom stereocenters. The number of hydrazine groups is 1. The van der Waals surface area contributed by atoms with Crippen molar-refractivity contribution < 1.29 is 14.4 Å². The van der Waals surface area contributed by atoms with Gasteiger partial charge in [-0.2, -0.15) is 0 Å². The number of hydrogen-bond acceptors (Lipinski definition) is 4. The van der Waals surface area contributed by atoms with E-state index < -0.39 is 17.9 Å². The molecule has 0 saturated carbocycles. The van der Waals surface area contributed by atoms with E-state index in [0.29, 0.717) is 20.7 Å². The topological polar surface area (TPSA) is 78.5 Å². The Morgan fingerprint density at radius 2 is 1.80 bits per heavy atom. The molecule has 128 valence electrons. The van der Waals surface area contributed by atoms with Crippen LogP contribution in [0.1, 0.15) is 16.8 Å². The maximum Gasteiger partial charge on any atom is 0.266 e. The predicted octanol–water partition coefficient (Wildman–Crippen LogP) is 2.67. The highest BCUT2D eigenvalue weighted by Crippen LogP contribution is 2.24. The van der Waals surface area contributed by atoms with Crippen LogP contribution in [0.15, 0.2) is 53.0 Å². The molecule has 1 fully saturated rings. The molecule has 1 aliphatic heterocycles. The summed E-state index contributed by atoms with van der Waals surface area (Å²) in [6, 6.07) is 12.5. The summed E-state index contributed by atoms with van der Waals surface area (Å²) in [4.78, 5) is 37.9. The van der Waals surface area contributed by atoms with Crippen LogP contribution in [0.3, 0.4) is 0 Å². The van der Waals surface area contributed by atoms with E-state index in [0.717, 1.165) is 4.90 Å². The molecule has 0 aromatic heterocycles. The lowest BCUT2D eigenvalue weighted by Crippen LogP contribution is -2.48. The first-order chi connectivity index (χ1) is 12.0. The SMILES string of the molecule is O=C(NNC1CC(=O)N(c2ccc(Cl)cc2)C1=O)c1ccccc1Br. The van der Waals surface area contributed by atoms with Gasteiger partial charge in [0.2, 0.25) is 5.91 Å². The predicted molar refractivity (Wildman–Crippen MR) is 97.1 cm³/mol. The van der Waals surface area contributed by atoms with Crippen LogP contribution in [-0.2, 0) is 9.59 Å². The van der Waals surface area contributed by atoms with E-state index in [4.69, 9.17) is 11.6 Å². The van der Waals surface area contributed by atoms with Crippen molar-refractivity contribution in [2.75, 3.05) is 4.90 Å². The smallest absolute Gasteiger partial charge is 0.266 e. The third kappa shape index (κ3) is 3.73. The van der Waals surface area contributed by atoms with E-state index in [2.05, 4.69) is 26.8 Å². The second-order valence-corrected chi connectivity index (χ2v) is 6.67. The van der Waals surface area contributed by atoms with Crippen molar-refractivity contribution >= 4 is 50.9 Å². The molecule has 3 rings (SSSR count). The van der Waals surface area contributed by atoms with Gasteiger partial charge in [0.15, 0.2) is 0 Å². The highest BCUT2D eigenvalue weighted by atomic mass is 79.9. The standard InChI is InChI=1S/C17H13BrClN3O3/c18-13-4-2-1-3-12(13)16(24)21-20-14-9-15(23)22(17(14)25)11-7-5-10(19)6-8-11/h1-8,14,20H,9H2,(H,21,24). The molecule has 8 heteroatoms. The van der Waals surface area contributed by atoms with E-state index in [9.17, 15) is 14.4 Å². The number of imide groups is 1. The number of carbonyl (C=O) groups excluding carboxylic acids is 3. The maximum atomic E-state index is 12.5. The number of rotatable bonds is 4. The fourth-order valence-electron chi connectivity index (χ4n) is 2.47. The van der Waals surface area contributed by atoms with Crippen LogP contribution in [0.2, 0.25) is 5.02 Å². The molecule has 3 amide bonds. The molecule has 1 saturated heterocycles. The number of carbonyl (C=O) groups is 3. The van der Waals surface area contributed by atoms with E-state index in [-0.39, 0.29) is 12.3 Å². The summed E-state index contributed by atoms with van der Waals surface area (Å²) in [7, 11) is 0. The van der Waals surface area contributed by atoms with Gasteiger partial charge in [0.05, 0.1) is 17.7 Å². The monoisotopic (exact) mass is 421 g/mol. The molecule has 0 aliphatic carbocycles. The number of halogens is 2. The summed E-state index contributed by atoms with van der Waals surface area (Å²) in [5, 5.41) is 0.512. The highest BCUT2D eigenvalue weighted by Gasteiger charge is 2.39. The average Bonchev–Trinajstić information content (AvgIpc) is 2.88. The second kappa shape index (κ2) is 7.35. The van der Waals surface area contributed by atoms with Crippen LogP contribution >= 0.6 is 27.5 Å². The van der Waals surface area contributed by atoms with Gasteiger partial charge in [-0.05, 0) is 52.3 Å². The largest absolute Gasteiger partial charge is 0.287 e.